The van der Waals surface area contributed by atoms with E-state index in [1.54, 1.807) is 11.3 Å². The van der Waals surface area contributed by atoms with Crippen molar-refractivity contribution in [2.24, 2.45) is 0 Å². The van der Waals surface area contributed by atoms with E-state index in [0.717, 1.165) is 22.6 Å². The minimum atomic E-state index is 0.320. The summed E-state index contributed by atoms with van der Waals surface area (Å²) in [7, 11) is 0. The fraction of sp³-hybridized carbons (Fsp3) is 0.538. The van der Waals surface area contributed by atoms with Crippen LogP contribution in [0.2, 0.25) is 5.28 Å². The zero-order valence-corrected chi connectivity index (χ0v) is 12.4. The van der Waals surface area contributed by atoms with Crippen LogP contribution in [0.25, 0.3) is 10.2 Å². The van der Waals surface area contributed by atoms with Crippen molar-refractivity contribution in [2.75, 3.05) is 11.9 Å². The molecule has 5 heteroatoms. The van der Waals surface area contributed by atoms with Gasteiger partial charge in [-0.15, -0.1) is 11.3 Å². The maximum absolute atomic E-state index is 5.94. The van der Waals surface area contributed by atoms with Crippen LogP contribution in [0.15, 0.2) is 6.07 Å². The van der Waals surface area contributed by atoms with Crippen LogP contribution in [-0.2, 0) is 0 Å². The first-order chi connectivity index (χ1) is 8.70. The molecule has 0 saturated heterocycles. The Hall–Kier alpha value is -0.870. The summed E-state index contributed by atoms with van der Waals surface area (Å²) in [6, 6.07) is 2.12. The van der Waals surface area contributed by atoms with E-state index in [4.69, 9.17) is 11.6 Å². The lowest BCUT2D eigenvalue weighted by Crippen LogP contribution is -2.04. The molecule has 0 amide bonds. The molecule has 0 bridgehead atoms. The highest BCUT2D eigenvalue weighted by molar-refractivity contribution is 7.18. The summed E-state index contributed by atoms with van der Waals surface area (Å²) < 4.78 is 0. The zero-order chi connectivity index (χ0) is 13.0. The van der Waals surface area contributed by atoms with Crippen molar-refractivity contribution in [1.29, 1.82) is 0 Å². The largest absolute Gasteiger partial charge is 0.369 e. The number of nitrogens with zero attached hydrogens (tertiary/aromatic N) is 2. The average Bonchev–Trinajstić information content (AvgIpc) is 2.69. The molecule has 2 aromatic rings. The first-order valence-electron chi connectivity index (χ1n) is 6.38. The maximum Gasteiger partial charge on any atom is 0.225 e. The van der Waals surface area contributed by atoms with Crippen LogP contribution in [0.1, 0.15) is 37.5 Å². The zero-order valence-electron chi connectivity index (χ0n) is 10.8. The molecule has 98 valence electrons. The number of hydrogen-bond donors (Lipinski definition) is 1. The third-order valence-corrected chi connectivity index (χ3v) is 3.92. The summed E-state index contributed by atoms with van der Waals surface area (Å²) >= 11 is 7.59. The number of anilines is 1. The monoisotopic (exact) mass is 283 g/mol. The Kier molecular flexibility index (Phi) is 4.78. The number of hydrogen-bond acceptors (Lipinski definition) is 4. The average molecular weight is 284 g/mol. The van der Waals surface area contributed by atoms with Gasteiger partial charge in [0, 0.05) is 11.4 Å². The second-order valence-electron chi connectivity index (χ2n) is 4.40. The normalized spacial score (nSPS) is 11.1. The molecular formula is C13H18ClN3S. The minimum absolute atomic E-state index is 0.320. The molecule has 0 aliphatic rings. The summed E-state index contributed by atoms with van der Waals surface area (Å²) in [6.45, 7) is 5.23. The third-order valence-electron chi connectivity index (χ3n) is 2.81. The number of rotatable bonds is 6. The number of nitrogens with one attached hydrogen (secondary N) is 1. The van der Waals surface area contributed by atoms with Crippen molar-refractivity contribution >= 4 is 39.0 Å². The van der Waals surface area contributed by atoms with Gasteiger partial charge in [-0.3, -0.25) is 0 Å². The van der Waals surface area contributed by atoms with Crippen molar-refractivity contribution in [3.63, 3.8) is 0 Å². The third kappa shape index (κ3) is 3.33. The highest BCUT2D eigenvalue weighted by Gasteiger charge is 2.08. The predicted molar refractivity (Wildman–Crippen MR) is 79.8 cm³/mol. The Morgan fingerprint density at radius 3 is 2.89 bits per heavy atom. The van der Waals surface area contributed by atoms with Gasteiger partial charge in [0.15, 0.2) is 0 Å². The van der Waals surface area contributed by atoms with Gasteiger partial charge in [0.2, 0.25) is 5.28 Å². The van der Waals surface area contributed by atoms with Gasteiger partial charge in [0.1, 0.15) is 10.6 Å². The molecule has 0 fully saturated rings. The van der Waals surface area contributed by atoms with Crippen molar-refractivity contribution in [3.8, 4) is 0 Å². The van der Waals surface area contributed by atoms with Crippen molar-refractivity contribution in [1.82, 2.24) is 9.97 Å². The van der Waals surface area contributed by atoms with Gasteiger partial charge in [-0.05, 0) is 31.0 Å². The van der Waals surface area contributed by atoms with Gasteiger partial charge in [-0.1, -0.05) is 26.2 Å². The fourth-order valence-corrected chi connectivity index (χ4v) is 3.01. The summed E-state index contributed by atoms with van der Waals surface area (Å²) in [4.78, 5) is 10.7. The molecule has 2 heterocycles. The molecule has 0 spiro atoms. The number of unbranched alkanes of at least 4 members (excludes halogenated alkanes) is 3. The smallest absolute Gasteiger partial charge is 0.225 e. The number of fused-ring (bicyclic) bond motifs is 1. The van der Waals surface area contributed by atoms with Crippen molar-refractivity contribution in [3.05, 3.63) is 16.2 Å². The molecule has 0 aromatic carbocycles. The topological polar surface area (TPSA) is 37.8 Å². The first-order valence-corrected chi connectivity index (χ1v) is 7.57. The van der Waals surface area contributed by atoms with Crippen LogP contribution < -0.4 is 5.32 Å². The Morgan fingerprint density at radius 1 is 1.28 bits per heavy atom. The van der Waals surface area contributed by atoms with Gasteiger partial charge in [-0.2, -0.15) is 0 Å². The van der Waals surface area contributed by atoms with E-state index in [9.17, 15) is 0 Å². The lowest BCUT2D eigenvalue weighted by molar-refractivity contribution is 0.684. The van der Waals surface area contributed by atoms with Crippen LogP contribution in [-0.4, -0.2) is 16.5 Å². The predicted octanol–water partition coefficient (Wildman–Crippen LogP) is 4.65. The molecule has 0 radical (unpaired) electrons. The Labute approximate surface area is 117 Å². The highest BCUT2D eigenvalue weighted by atomic mass is 35.5. The standard InChI is InChI=1S/C13H18ClN3S/c1-3-4-5-6-7-15-11-10-8-9(2)18-12(10)17-13(14)16-11/h8H,3-7H2,1-2H3,(H,15,16,17). The lowest BCUT2D eigenvalue weighted by Gasteiger charge is -2.06. The summed E-state index contributed by atoms with van der Waals surface area (Å²) in [5, 5.41) is 4.77. The molecule has 3 nitrogen and oxygen atoms in total. The molecule has 1 N–H and O–H groups in total. The van der Waals surface area contributed by atoms with Crippen LogP contribution >= 0.6 is 22.9 Å². The van der Waals surface area contributed by atoms with Gasteiger partial charge in [0.25, 0.3) is 0 Å². The van der Waals surface area contributed by atoms with E-state index in [-0.39, 0.29) is 0 Å². The molecule has 0 unspecified atom stereocenters. The molecule has 2 rings (SSSR count). The molecular weight excluding hydrogens is 266 g/mol. The summed E-state index contributed by atoms with van der Waals surface area (Å²) in [6.07, 6.45) is 4.97. The fourth-order valence-electron chi connectivity index (χ4n) is 1.91. The molecule has 2 aromatic heterocycles. The van der Waals surface area contributed by atoms with Gasteiger partial charge in [0.05, 0.1) is 5.39 Å². The highest BCUT2D eigenvalue weighted by Crippen LogP contribution is 2.29. The minimum Gasteiger partial charge on any atom is -0.369 e. The quantitative estimate of drug-likeness (QED) is 0.620. The molecule has 18 heavy (non-hydrogen) atoms. The molecule has 0 aliphatic carbocycles. The number of aromatic nitrogens is 2. The van der Waals surface area contributed by atoms with Crippen LogP contribution in [0.3, 0.4) is 0 Å². The van der Waals surface area contributed by atoms with E-state index >= 15 is 0 Å². The van der Waals surface area contributed by atoms with Crippen LogP contribution in [0.5, 0.6) is 0 Å². The number of aryl methyl sites for hydroxylation is 1. The van der Waals surface area contributed by atoms with E-state index in [1.165, 1.54) is 30.6 Å². The van der Waals surface area contributed by atoms with Gasteiger partial charge in [-0.25, -0.2) is 9.97 Å². The Morgan fingerprint density at radius 2 is 2.11 bits per heavy atom. The number of halogens is 1. The van der Waals surface area contributed by atoms with E-state index in [2.05, 4.69) is 35.2 Å². The molecule has 0 atom stereocenters. The Bertz CT molecular complexity index is 524. The van der Waals surface area contributed by atoms with E-state index < -0.39 is 0 Å². The SMILES string of the molecule is CCCCCCNc1nc(Cl)nc2sc(C)cc12. The second-order valence-corrected chi connectivity index (χ2v) is 5.98. The lowest BCUT2D eigenvalue weighted by atomic mass is 10.2. The maximum atomic E-state index is 5.94. The molecule has 0 saturated carbocycles. The van der Waals surface area contributed by atoms with Crippen molar-refractivity contribution in [2.45, 2.75) is 39.5 Å². The second kappa shape index (κ2) is 6.34. The van der Waals surface area contributed by atoms with E-state index in [0.29, 0.717) is 5.28 Å². The summed E-state index contributed by atoms with van der Waals surface area (Å²) in [5.74, 6) is 0.867. The van der Waals surface area contributed by atoms with Crippen LogP contribution in [0, 0.1) is 6.92 Å². The van der Waals surface area contributed by atoms with Crippen LogP contribution in [0.4, 0.5) is 5.82 Å². The molecule has 0 aliphatic heterocycles. The number of thiophene rings is 1. The van der Waals surface area contributed by atoms with Crippen molar-refractivity contribution < 1.29 is 0 Å². The van der Waals surface area contributed by atoms with E-state index in [1.807, 2.05) is 0 Å². The Balaban J connectivity index is 2.07. The first kappa shape index (κ1) is 13.6. The van der Waals surface area contributed by atoms with Gasteiger partial charge >= 0.3 is 0 Å². The van der Waals surface area contributed by atoms with Gasteiger partial charge < -0.3 is 5.32 Å². The summed E-state index contributed by atoms with van der Waals surface area (Å²) in [5.41, 5.74) is 0.